The number of hydrogen-bond donors (Lipinski definition) is 0. The first kappa shape index (κ1) is 16.6. The molecular formula is C19H24N4O. The van der Waals surface area contributed by atoms with Crippen molar-refractivity contribution in [1.29, 1.82) is 5.26 Å². The van der Waals surface area contributed by atoms with Gasteiger partial charge in [0, 0.05) is 18.3 Å². The van der Waals surface area contributed by atoms with Gasteiger partial charge in [-0.3, -0.25) is 4.98 Å². The van der Waals surface area contributed by atoms with E-state index in [0.29, 0.717) is 22.9 Å². The summed E-state index contributed by atoms with van der Waals surface area (Å²) in [7, 11) is 0. The van der Waals surface area contributed by atoms with Crippen LogP contribution in [0.2, 0.25) is 0 Å². The second kappa shape index (κ2) is 8.05. The van der Waals surface area contributed by atoms with Gasteiger partial charge in [0.05, 0.1) is 11.1 Å². The zero-order valence-electron chi connectivity index (χ0n) is 14.2. The van der Waals surface area contributed by atoms with E-state index in [1.54, 1.807) is 12.3 Å². The molecule has 2 heterocycles. The molecule has 24 heavy (non-hydrogen) atoms. The van der Waals surface area contributed by atoms with Gasteiger partial charge in [-0.25, -0.2) is 0 Å². The number of rotatable bonds is 6. The molecule has 0 radical (unpaired) electrons. The van der Waals surface area contributed by atoms with E-state index in [2.05, 4.69) is 28.1 Å². The van der Waals surface area contributed by atoms with E-state index in [1.165, 1.54) is 44.7 Å². The largest absolute Gasteiger partial charge is 0.334 e. The maximum absolute atomic E-state index is 9.17. The predicted molar refractivity (Wildman–Crippen MR) is 91.1 cm³/mol. The molecular weight excluding hydrogens is 300 g/mol. The van der Waals surface area contributed by atoms with Gasteiger partial charge in [-0.05, 0) is 37.7 Å². The molecule has 0 bridgehead atoms. The lowest BCUT2D eigenvalue weighted by atomic mass is 9.79. The standard InChI is InChI=1S/C19H24N4O/c1-2-3-4-5-14-6-8-15(9-7-14)18-22-19(24-23-18)17-10-11-21-13-16(17)12-20/h10-11,13-15H,2-9H2,1H3. The van der Waals surface area contributed by atoms with Crippen molar-refractivity contribution >= 4 is 0 Å². The fourth-order valence-electron chi connectivity index (χ4n) is 3.57. The molecule has 5 nitrogen and oxygen atoms in total. The number of hydrogen-bond acceptors (Lipinski definition) is 5. The number of aromatic nitrogens is 3. The van der Waals surface area contributed by atoms with E-state index < -0.39 is 0 Å². The zero-order valence-corrected chi connectivity index (χ0v) is 14.2. The normalized spacial score (nSPS) is 20.7. The molecule has 2 aromatic heterocycles. The SMILES string of the molecule is CCCCCC1CCC(c2noc(-c3ccncc3C#N)n2)CC1. The zero-order chi connectivity index (χ0) is 16.8. The molecule has 0 atom stereocenters. The van der Waals surface area contributed by atoms with Gasteiger partial charge in [-0.15, -0.1) is 0 Å². The molecule has 3 rings (SSSR count). The number of unbranched alkanes of at least 4 members (excludes halogenated alkanes) is 2. The Morgan fingerprint density at radius 3 is 2.83 bits per heavy atom. The smallest absolute Gasteiger partial charge is 0.259 e. The maximum atomic E-state index is 9.17. The number of nitrogens with zero attached hydrogens (tertiary/aromatic N) is 4. The molecule has 1 fully saturated rings. The summed E-state index contributed by atoms with van der Waals surface area (Å²) in [5.74, 6) is 2.47. The molecule has 5 heteroatoms. The number of pyridine rings is 1. The Morgan fingerprint density at radius 2 is 2.08 bits per heavy atom. The molecule has 1 saturated carbocycles. The third-order valence-corrected chi connectivity index (χ3v) is 5.04. The summed E-state index contributed by atoms with van der Waals surface area (Å²) in [5.41, 5.74) is 1.13. The Morgan fingerprint density at radius 1 is 1.25 bits per heavy atom. The Bertz CT molecular complexity index is 695. The monoisotopic (exact) mass is 324 g/mol. The Balaban J connectivity index is 1.62. The number of nitriles is 1. The Kier molecular flexibility index (Phi) is 5.58. The van der Waals surface area contributed by atoms with Gasteiger partial charge < -0.3 is 4.52 Å². The topological polar surface area (TPSA) is 75.6 Å². The van der Waals surface area contributed by atoms with Crippen LogP contribution in [0.1, 0.15) is 75.6 Å². The highest BCUT2D eigenvalue weighted by atomic mass is 16.5. The fourth-order valence-corrected chi connectivity index (χ4v) is 3.57. The minimum Gasteiger partial charge on any atom is -0.334 e. The molecule has 0 aliphatic heterocycles. The molecule has 0 amide bonds. The van der Waals surface area contributed by atoms with Gasteiger partial charge in [-0.1, -0.05) is 37.8 Å². The molecule has 0 N–H and O–H groups in total. The lowest BCUT2D eigenvalue weighted by Crippen LogP contribution is -2.14. The minimum absolute atomic E-state index is 0.386. The third kappa shape index (κ3) is 3.81. The Labute approximate surface area is 143 Å². The van der Waals surface area contributed by atoms with Gasteiger partial charge in [0.15, 0.2) is 5.82 Å². The molecule has 1 aliphatic carbocycles. The van der Waals surface area contributed by atoms with Crippen molar-refractivity contribution in [3.8, 4) is 17.5 Å². The molecule has 0 spiro atoms. The second-order valence-electron chi connectivity index (χ2n) is 6.70. The van der Waals surface area contributed by atoms with Crippen molar-refractivity contribution in [3.63, 3.8) is 0 Å². The summed E-state index contributed by atoms with van der Waals surface area (Å²) in [6, 6.07) is 3.87. The molecule has 126 valence electrons. The summed E-state index contributed by atoms with van der Waals surface area (Å²) in [4.78, 5) is 8.52. The van der Waals surface area contributed by atoms with Gasteiger partial charge in [0.1, 0.15) is 6.07 Å². The summed E-state index contributed by atoms with van der Waals surface area (Å²) >= 11 is 0. The average molecular weight is 324 g/mol. The highest BCUT2D eigenvalue weighted by Gasteiger charge is 2.26. The van der Waals surface area contributed by atoms with Crippen LogP contribution in [0.15, 0.2) is 23.0 Å². The van der Waals surface area contributed by atoms with Gasteiger partial charge in [-0.2, -0.15) is 10.2 Å². The van der Waals surface area contributed by atoms with Gasteiger partial charge >= 0.3 is 0 Å². The summed E-state index contributed by atoms with van der Waals surface area (Å²) in [6.45, 7) is 2.26. The predicted octanol–water partition coefficient (Wildman–Crippen LogP) is 4.86. The van der Waals surface area contributed by atoms with Crippen LogP contribution < -0.4 is 0 Å². The van der Waals surface area contributed by atoms with E-state index in [0.717, 1.165) is 24.6 Å². The van der Waals surface area contributed by atoms with Crippen LogP contribution in [0.5, 0.6) is 0 Å². The highest BCUT2D eigenvalue weighted by molar-refractivity contribution is 5.61. The molecule has 1 aliphatic rings. The van der Waals surface area contributed by atoms with Crippen LogP contribution in [0, 0.1) is 17.2 Å². The minimum atomic E-state index is 0.386. The van der Waals surface area contributed by atoms with Crippen molar-refractivity contribution < 1.29 is 4.52 Å². The van der Waals surface area contributed by atoms with Crippen LogP contribution in [-0.2, 0) is 0 Å². The van der Waals surface area contributed by atoms with E-state index in [9.17, 15) is 5.26 Å². The first-order valence-electron chi connectivity index (χ1n) is 9.00. The van der Waals surface area contributed by atoms with Gasteiger partial charge in [0.25, 0.3) is 5.89 Å². The lowest BCUT2D eigenvalue weighted by molar-refractivity contribution is 0.292. The van der Waals surface area contributed by atoms with Crippen molar-refractivity contribution in [2.45, 2.75) is 64.2 Å². The quantitative estimate of drug-likeness (QED) is 0.709. The average Bonchev–Trinajstić information content (AvgIpc) is 3.12. The Hall–Kier alpha value is -2.22. The van der Waals surface area contributed by atoms with Crippen molar-refractivity contribution in [3.05, 3.63) is 29.8 Å². The van der Waals surface area contributed by atoms with Crippen LogP contribution in [-0.4, -0.2) is 15.1 Å². The molecule has 2 aromatic rings. The molecule has 0 aromatic carbocycles. The van der Waals surface area contributed by atoms with Crippen LogP contribution in [0.25, 0.3) is 11.5 Å². The van der Waals surface area contributed by atoms with Crippen molar-refractivity contribution in [2.24, 2.45) is 5.92 Å². The maximum Gasteiger partial charge on any atom is 0.259 e. The van der Waals surface area contributed by atoms with E-state index in [1.807, 2.05) is 0 Å². The van der Waals surface area contributed by atoms with E-state index in [-0.39, 0.29) is 0 Å². The lowest BCUT2D eigenvalue weighted by Gasteiger charge is -2.26. The third-order valence-electron chi connectivity index (χ3n) is 5.04. The molecule has 0 saturated heterocycles. The van der Waals surface area contributed by atoms with Crippen molar-refractivity contribution in [1.82, 2.24) is 15.1 Å². The second-order valence-corrected chi connectivity index (χ2v) is 6.70. The van der Waals surface area contributed by atoms with E-state index >= 15 is 0 Å². The first-order valence-corrected chi connectivity index (χ1v) is 9.00. The molecule has 0 unspecified atom stereocenters. The van der Waals surface area contributed by atoms with Crippen LogP contribution >= 0.6 is 0 Å². The summed E-state index contributed by atoms with van der Waals surface area (Å²) in [5, 5.41) is 13.3. The summed E-state index contributed by atoms with van der Waals surface area (Å²) in [6.07, 6.45) is 13.3. The summed E-state index contributed by atoms with van der Waals surface area (Å²) < 4.78 is 5.41. The fraction of sp³-hybridized carbons (Fsp3) is 0.579. The van der Waals surface area contributed by atoms with Gasteiger partial charge in [0.2, 0.25) is 0 Å². The highest BCUT2D eigenvalue weighted by Crippen LogP contribution is 2.37. The van der Waals surface area contributed by atoms with Crippen LogP contribution in [0.4, 0.5) is 0 Å². The van der Waals surface area contributed by atoms with Crippen LogP contribution in [0.3, 0.4) is 0 Å². The first-order chi connectivity index (χ1) is 11.8. The van der Waals surface area contributed by atoms with Crippen molar-refractivity contribution in [2.75, 3.05) is 0 Å². The van der Waals surface area contributed by atoms with E-state index in [4.69, 9.17) is 4.52 Å².